The zero-order chi connectivity index (χ0) is 25.2. The number of hydrogen-bond donors (Lipinski definition) is 0. The molecule has 3 aromatic heterocycles. The predicted octanol–water partition coefficient (Wildman–Crippen LogP) is 5.57. The largest absolute Gasteiger partial charge is 0.474 e. The first-order valence-electron chi connectivity index (χ1n) is 11.5. The van der Waals surface area contributed by atoms with Gasteiger partial charge in [0.25, 0.3) is 5.89 Å². The highest BCUT2D eigenvalue weighted by Gasteiger charge is 2.29. The quantitative estimate of drug-likeness (QED) is 0.276. The van der Waals surface area contributed by atoms with Crippen molar-refractivity contribution in [2.45, 2.75) is 53.7 Å². The van der Waals surface area contributed by atoms with Gasteiger partial charge in [-0.2, -0.15) is 10.1 Å². The fraction of sp³-hybridized carbons (Fsp3) is 0.400. The molecule has 0 aliphatic carbocycles. The molecule has 9 nitrogen and oxygen atoms in total. The first-order valence-corrected chi connectivity index (χ1v) is 11.9. The molecule has 184 valence electrons. The van der Waals surface area contributed by atoms with Gasteiger partial charge in [0, 0.05) is 23.7 Å². The summed E-state index contributed by atoms with van der Waals surface area (Å²) in [7, 11) is 0. The Kier molecular flexibility index (Phi) is 7.07. The molecule has 0 aliphatic rings. The lowest BCUT2D eigenvalue weighted by Gasteiger charge is -2.22. The van der Waals surface area contributed by atoms with E-state index < -0.39 is 5.41 Å². The van der Waals surface area contributed by atoms with Crippen molar-refractivity contribution in [2.24, 2.45) is 5.41 Å². The third kappa shape index (κ3) is 5.30. The lowest BCUT2D eigenvalue weighted by Crippen LogP contribution is -2.28. The van der Waals surface area contributed by atoms with Gasteiger partial charge in [0.1, 0.15) is 5.02 Å². The van der Waals surface area contributed by atoms with Crippen LogP contribution in [0.4, 0.5) is 0 Å². The van der Waals surface area contributed by atoms with Gasteiger partial charge in [-0.15, -0.1) is 0 Å². The van der Waals surface area contributed by atoms with E-state index in [0.717, 1.165) is 16.5 Å². The van der Waals surface area contributed by atoms with Crippen LogP contribution in [0, 0.1) is 5.41 Å². The van der Waals surface area contributed by atoms with Crippen LogP contribution in [-0.2, 0) is 16.1 Å². The van der Waals surface area contributed by atoms with Crippen LogP contribution in [-0.4, -0.2) is 43.6 Å². The second-order valence-corrected chi connectivity index (χ2v) is 9.47. The van der Waals surface area contributed by atoms with Crippen LogP contribution in [0.5, 0.6) is 5.88 Å². The standard InChI is InChI=1S/C25H28ClN5O4/c1-6-33-24(32)25(4,5)10-11-31-20-9-7-8-17(18(20)14-28-31)21-29-22(35-30-21)16-12-19(26)23(27-13-16)34-15(2)3/h7-9,12-15H,6,10-11H2,1-5H3. The van der Waals surface area contributed by atoms with E-state index in [2.05, 4.69) is 20.2 Å². The third-order valence-corrected chi connectivity index (χ3v) is 5.80. The second-order valence-electron chi connectivity index (χ2n) is 9.06. The average Bonchev–Trinajstić information content (AvgIpc) is 3.46. The molecule has 4 aromatic rings. The molecule has 10 heteroatoms. The molecule has 0 saturated carbocycles. The minimum atomic E-state index is -0.612. The van der Waals surface area contributed by atoms with Crippen molar-refractivity contribution in [3.63, 3.8) is 0 Å². The summed E-state index contributed by atoms with van der Waals surface area (Å²) in [5.74, 6) is 0.866. The van der Waals surface area contributed by atoms with E-state index in [4.69, 9.17) is 25.6 Å². The van der Waals surface area contributed by atoms with Crippen molar-refractivity contribution in [3.8, 4) is 28.7 Å². The van der Waals surface area contributed by atoms with Crippen LogP contribution in [0.2, 0.25) is 5.02 Å². The first-order chi connectivity index (χ1) is 16.7. The van der Waals surface area contributed by atoms with Crippen LogP contribution < -0.4 is 4.74 Å². The highest BCUT2D eigenvalue weighted by molar-refractivity contribution is 6.32. The number of hydrogen-bond acceptors (Lipinski definition) is 8. The van der Waals surface area contributed by atoms with Crippen molar-refractivity contribution < 1.29 is 18.8 Å². The molecular weight excluding hydrogens is 470 g/mol. The third-order valence-electron chi connectivity index (χ3n) is 5.53. The molecule has 0 fully saturated rings. The summed E-state index contributed by atoms with van der Waals surface area (Å²) in [6.45, 7) is 10.3. The van der Waals surface area contributed by atoms with E-state index in [9.17, 15) is 4.79 Å². The van der Waals surface area contributed by atoms with Gasteiger partial charge in [-0.05, 0) is 53.2 Å². The van der Waals surface area contributed by atoms with Gasteiger partial charge in [0.15, 0.2) is 0 Å². The lowest BCUT2D eigenvalue weighted by molar-refractivity contribution is -0.153. The molecule has 0 saturated heterocycles. The summed E-state index contributed by atoms with van der Waals surface area (Å²) < 4.78 is 18.1. The Balaban J connectivity index is 1.58. The molecule has 0 N–H and O–H groups in total. The Morgan fingerprint density at radius 2 is 2.06 bits per heavy atom. The minimum absolute atomic E-state index is 0.0431. The van der Waals surface area contributed by atoms with Gasteiger partial charge >= 0.3 is 5.97 Å². The van der Waals surface area contributed by atoms with Crippen LogP contribution in [0.1, 0.15) is 41.0 Å². The Morgan fingerprint density at radius 1 is 1.26 bits per heavy atom. The number of fused-ring (bicyclic) bond motifs is 1. The Labute approximate surface area is 208 Å². The van der Waals surface area contributed by atoms with Gasteiger partial charge < -0.3 is 14.0 Å². The van der Waals surface area contributed by atoms with E-state index in [0.29, 0.717) is 47.8 Å². The van der Waals surface area contributed by atoms with Crippen LogP contribution in [0.25, 0.3) is 33.7 Å². The number of halogens is 1. The number of pyridine rings is 1. The number of nitrogens with zero attached hydrogens (tertiary/aromatic N) is 5. The molecule has 35 heavy (non-hydrogen) atoms. The number of aryl methyl sites for hydroxylation is 1. The zero-order valence-corrected chi connectivity index (χ0v) is 21.2. The van der Waals surface area contributed by atoms with E-state index in [1.165, 1.54) is 0 Å². The molecule has 0 bridgehead atoms. The fourth-order valence-electron chi connectivity index (χ4n) is 3.59. The average molecular weight is 498 g/mol. The predicted molar refractivity (Wildman–Crippen MR) is 132 cm³/mol. The number of ether oxygens (including phenoxy) is 2. The SMILES string of the molecule is CCOC(=O)C(C)(C)CCn1ncc2c(-c3noc(-c4cnc(OC(C)C)c(Cl)c4)n3)cccc21. The van der Waals surface area contributed by atoms with Gasteiger partial charge in [0.05, 0.1) is 35.4 Å². The van der Waals surface area contributed by atoms with Gasteiger partial charge in [-0.3, -0.25) is 9.48 Å². The normalized spacial score (nSPS) is 11.9. The molecule has 1 aromatic carbocycles. The maximum absolute atomic E-state index is 12.2. The van der Waals surface area contributed by atoms with Gasteiger partial charge in [-0.1, -0.05) is 28.9 Å². The fourth-order valence-corrected chi connectivity index (χ4v) is 3.80. The number of benzene rings is 1. The second kappa shape index (κ2) is 10.0. The Bertz CT molecular complexity index is 1340. The summed E-state index contributed by atoms with van der Waals surface area (Å²) in [5, 5.41) is 9.95. The Morgan fingerprint density at radius 3 is 2.77 bits per heavy atom. The Hall–Kier alpha value is -3.46. The molecule has 0 unspecified atom stereocenters. The highest BCUT2D eigenvalue weighted by Crippen LogP contribution is 2.32. The smallest absolute Gasteiger partial charge is 0.311 e. The van der Waals surface area contributed by atoms with Gasteiger partial charge in [0.2, 0.25) is 11.7 Å². The van der Waals surface area contributed by atoms with E-state index in [1.54, 1.807) is 25.4 Å². The molecule has 0 aliphatic heterocycles. The van der Waals surface area contributed by atoms with E-state index >= 15 is 0 Å². The summed E-state index contributed by atoms with van der Waals surface area (Å²) in [6, 6.07) is 7.49. The maximum atomic E-state index is 12.2. The first kappa shape index (κ1) is 24.7. The van der Waals surface area contributed by atoms with Crippen molar-refractivity contribution in [3.05, 3.63) is 41.7 Å². The van der Waals surface area contributed by atoms with Crippen molar-refractivity contribution >= 4 is 28.5 Å². The van der Waals surface area contributed by atoms with Crippen molar-refractivity contribution in [1.82, 2.24) is 24.9 Å². The van der Waals surface area contributed by atoms with Crippen molar-refractivity contribution in [1.29, 1.82) is 0 Å². The maximum Gasteiger partial charge on any atom is 0.311 e. The lowest BCUT2D eigenvalue weighted by atomic mass is 9.89. The molecule has 0 amide bonds. The van der Waals surface area contributed by atoms with E-state index in [-0.39, 0.29) is 12.1 Å². The monoisotopic (exact) mass is 497 g/mol. The number of carbonyl (C=O) groups excluding carboxylic acids is 1. The van der Waals surface area contributed by atoms with E-state index in [1.807, 2.05) is 50.6 Å². The number of rotatable bonds is 9. The summed E-state index contributed by atoms with van der Waals surface area (Å²) in [6.07, 6.45) is 3.90. The zero-order valence-electron chi connectivity index (χ0n) is 20.4. The van der Waals surface area contributed by atoms with Crippen LogP contribution in [0.15, 0.2) is 41.2 Å². The number of aromatic nitrogens is 5. The molecular formula is C25H28ClN5O4. The summed E-state index contributed by atoms with van der Waals surface area (Å²) >= 11 is 6.31. The van der Waals surface area contributed by atoms with Gasteiger partial charge in [-0.25, -0.2) is 4.98 Å². The van der Waals surface area contributed by atoms with Crippen LogP contribution in [0.3, 0.4) is 0 Å². The molecule has 4 rings (SSSR count). The molecule has 3 heterocycles. The molecule has 0 atom stereocenters. The molecule has 0 radical (unpaired) electrons. The minimum Gasteiger partial charge on any atom is -0.474 e. The number of esters is 1. The summed E-state index contributed by atoms with van der Waals surface area (Å²) in [5.41, 5.74) is 1.68. The van der Waals surface area contributed by atoms with Crippen LogP contribution >= 0.6 is 11.6 Å². The van der Waals surface area contributed by atoms with Crippen molar-refractivity contribution in [2.75, 3.05) is 6.61 Å². The number of carbonyl (C=O) groups is 1. The molecule has 0 spiro atoms. The highest BCUT2D eigenvalue weighted by atomic mass is 35.5. The topological polar surface area (TPSA) is 105 Å². The summed E-state index contributed by atoms with van der Waals surface area (Å²) in [4.78, 5) is 21.1.